The summed E-state index contributed by atoms with van der Waals surface area (Å²) >= 11 is 1.75. The van der Waals surface area contributed by atoms with E-state index in [4.69, 9.17) is 0 Å². The minimum absolute atomic E-state index is 0.189. The fourth-order valence-corrected chi connectivity index (χ4v) is 4.17. The van der Waals surface area contributed by atoms with Crippen molar-refractivity contribution in [1.29, 1.82) is 0 Å². The van der Waals surface area contributed by atoms with Crippen LogP contribution >= 0.6 is 11.8 Å². The van der Waals surface area contributed by atoms with Crippen LogP contribution in [-0.4, -0.2) is 16.3 Å². The quantitative estimate of drug-likeness (QED) is 0.897. The molecule has 0 amide bonds. The number of aliphatic carboxylic acids is 1. The first-order chi connectivity index (χ1) is 8.58. The largest absolute Gasteiger partial charge is 0.481 e. The number of hydrogen-bond acceptors (Lipinski definition) is 2. The molecule has 3 heteroatoms. The molecule has 1 N–H and O–H groups in total. The SMILES string of the molecule is Cc1ccccc1SC1CC(C)CCC1C(=O)O. The van der Waals surface area contributed by atoms with Gasteiger partial charge in [0.2, 0.25) is 0 Å². The van der Waals surface area contributed by atoms with E-state index in [0.29, 0.717) is 5.92 Å². The van der Waals surface area contributed by atoms with Crippen molar-refractivity contribution in [3.05, 3.63) is 29.8 Å². The van der Waals surface area contributed by atoms with Crippen LogP contribution in [0.25, 0.3) is 0 Å². The molecule has 2 rings (SSSR count). The van der Waals surface area contributed by atoms with Gasteiger partial charge in [-0.05, 0) is 43.7 Å². The fourth-order valence-electron chi connectivity index (χ4n) is 2.59. The van der Waals surface area contributed by atoms with Crippen molar-refractivity contribution in [3.8, 4) is 0 Å². The Bertz CT molecular complexity index is 430. The van der Waals surface area contributed by atoms with Crippen LogP contribution < -0.4 is 0 Å². The van der Waals surface area contributed by atoms with Gasteiger partial charge in [-0.25, -0.2) is 0 Å². The number of hydrogen-bond donors (Lipinski definition) is 1. The van der Waals surface area contributed by atoms with Gasteiger partial charge in [-0.1, -0.05) is 25.1 Å². The molecule has 2 nitrogen and oxygen atoms in total. The smallest absolute Gasteiger partial charge is 0.307 e. The van der Waals surface area contributed by atoms with Crippen molar-refractivity contribution >= 4 is 17.7 Å². The van der Waals surface area contributed by atoms with Gasteiger partial charge in [0.05, 0.1) is 5.92 Å². The van der Waals surface area contributed by atoms with Gasteiger partial charge in [-0.2, -0.15) is 0 Å². The maximum atomic E-state index is 11.3. The molecule has 3 unspecified atom stereocenters. The molecule has 0 bridgehead atoms. The van der Waals surface area contributed by atoms with Crippen LogP contribution in [0.4, 0.5) is 0 Å². The zero-order valence-electron chi connectivity index (χ0n) is 10.9. The zero-order valence-corrected chi connectivity index (χ0v) is 11.7. The Kier molecular flexibility index (Phi) is 4.33. The standard InChI is InChI=1S/C15H20O2S/c1-10-7-8-12(15(16)17)14(9-10)18-13-6-4-3-5-11(13)2/h3-6,10,12,14H,7-9H2,1-2H3,(H,16,17). The lowest BCUT2D eigenvalue weighted by atomic mass is 9.82. The maximum Gasteiger partial charge on any atom is 0.307 e. The van der Waals surface area contributed by atoms with Gasteiger partial charge in [0, 0.05) is 10.1 Å². The Balaban J connectivity index is 2.14. The molecule has 1 aliphatic rings. The number of carbonyl (C=O) groups is 1. The second-order valence-electron chi connectivity index (χ2n) is 5.28. The van der Waals surface area contributed by atoms with E-state index in [1.54, 1.807) is 11.8 Å². The van der Waals surface area contributed by atoms with E-state index in [-0.39, 0.29) is 11.2 Å². The van der Waals surface area contributed by atoms with Gasteiger partial charge in [-0.3, -0.25) is 4.79 Å². The van der Waals surface area contributed by atoms with Crippen LogP contribution in [0.2, 0.25) is 0 Å². The number of aryl methyl sites for hydroxylation is 1. The molecular weight excluding hydrogens is 244 g/mol. The van der Waals surface area contributed by atoms with Crippen LogP contribution in [-0.2, 0) is 4.79 Å². The molecule has 3 atom stereocenters. The van der Waals surface area contributed by atoms with Crippen molar-refractivity contribution in [3.63, 3.8) is 0 Å². The van der Waals surface area contributed by atoms with Gasteiger partial charge >= 0.3 is 5.97 Å². The summed E-state index contributed by atoms with van der Waals surface area (Å²) < 4.78 is 0. The van der Waals surface area contributed by atoms with E-state index in [2.05, 4.69) is 26.0 Å². The molecule has 98 valence electrons. The van der Waals surface area contributed by atoms with Crippen molar-refractivity contribution in [2.75, 3.05) is 0 Å². The molecule has 0 spiro atoms. The normalized spacial score (nSPS) is 28.0. The molecule has 1 aliphatic carbocycles. The van der Waals surface area contributed by atoms with Crippen molar-refractivity contribution < 1.29 is 9.90 Å². The molecule has 0 heterocycles. The Labute approximate surface area is 113 Å². The minimum atomic E-state index is -0.631. The first kappa shape index (κ1) is 13.5. The topological polar surface area (TPSA) is 37.3 Å². The highest BCUT2D eigenvalue weighted by Gasteiger charge is 2.34. The molecule has 18 heavy (non-hydrogen) atoms. The molecule has 0 radical (unpaired) electrons. The lowest BCUT2D eigenvalue weighted by Crippen LogP contribution is -2.32. The average Bonchev–Trinajstić information content (AvgIpc) is 2.32. The lowest BCUT2D eigenvalue weighted by Gasteiger charge is -2.32. The molecule has 0 aromatic heterocycles. The van der Waals surface area contributed by atoms with Gasteiger partial charge in [0.25, 0.3) is 0 Å². The van der Waals surface area contributed by atoms with Crippen LogP contribution in [0.3, 0.4) is 0 Å². The average molecular weight is 264 g/mol. The maximum absolute atomic E-state index is 11.3. The van der Waals surface area contributed by atoms with Crippen LogP contribution in [0.15, 0.2) is 29.2 Å². The first-order valence-corrected chi connectivity index (χ1v) is 7.41. The highest BCUT2D eigenvalue weighted by molar-refractivity contribution is 8.00. The molecule has 1 aromatic carbocycles. The number of carboxylic acids is 1. The van der Waals surface area contributed by atoms with Crippen LogP contribution in [0, 0.1) is 18.8 Å². The highest BCUT2D eigenvalue weighted by Crippen LogP contribution is 2.40. The summed E-state index contributed by atoms with van der Waals surface area (Å²) in [6.45, 7) is 4.31. The summed E-state index contributed by atoms with van der Waals surface area (Å²) in [5.74, 6) is -0.180. The summed E-state index contributed by atoms with van der Waals surface area (Å²) in [7, 11) is 0. The van der Waals surface area contributed by atoms with E-state index in [1.165, 1.54) is 10.5 Å². The monoisotopic (exact) mass is 264 g/mol. The predicted molar refractivity (Wildman–Crippen MR) is 75.0 cm³/mol. The van der Waals surface area contributed by atoms with E-state index < -0.39 is 5.97 Å². The van der Waals surface area contributed by atoms with Crippen LogP contribution in [0.5, 0.6) is 0 Å². The zero-order chi connectivity index (χ0) is 13.1. The number of benzene rings is 1. The molecule has 0 aliphatic heterocycles. The van der Waals surface area contributed by atoms with Gasteiger partial charge < -0.3 is 5.11 Å². The molecular formula is C15H20O2S. The molecule has 1 saturated carbocycles. The minimum Gasteiger partial charge on any atom is -0.481 e. The second-order valence-corrected chi connectivity index (χ2v) is 6.57. The van der Waals surface area contributed by atoms with Crippen molar-refractivity contribution in [1.82, 2.24) is 0 Å². The molecule has 1 fully saturated rings. The summed E-state index contributed by atoms with van der Waals surface area (Å²) in [6, 6.07) is 8.23. The predicted octanol–water partition coefficient (Wildman–Crippen LogP) is 3.98. The van der Waals surface area contributed by atoms with Crippen molar-refractivity contribution in [2.45, 2.75) is 43.3 Å². The second kappa shape index (κ2) is 5.79. The van der Waals surface area contributed by atoms with Gasteiger partial charge in [-0.15, -0.1) is 11.8 Å². The molecule has 1 aromatic rings. The van der Waals surface area contributed by atoms with Crippen molar-refractivity contribution in [2.24, 2.45) is 11.8 Å². The van der Waals surface area contributed by atoms with Gasteiger partial charge in [0.1, 0.15) is 0 Å². The Morgan fingerprint density at radius 1 is 1.33 bits per heavy atom. The number of thioether (sulfide) groups is 1. The summed E-state index contributed by atoms with van der Waals surface area (Å²) in [4.78, 5) is 12.6. The third-order valence-corrected chi connectivity index (χ3v) is 5.28. The highest BCUT2D eigenvalue weighted by atomic mass is 32.2. The number of rotatable bonds is 3. The summed E-state index contributed by atoms with van der Waals surface area (Å²) in [5.41, 5.74) is 1.24. The van der Waals surface area contributed by atoms with E-state index in [0.717, 1.165) is 19.3 Å². The van der Waals surface area contributed by atoms with E-state index >= 15 is 0 Å². The van der Waals surface area contributed by atoms with E-state index in [9.17, 15) is 9.90 Å². The summed E-state index contributed by atoms with van der Waals surface area (Å²) in [6.07, 6.45) is 2.87. The van der Waals surface area contributed by atoms with E-state index in [1.807, 2.05) is 12.1 Å². The number of carboxylic acid groups (broad SMARTS) is 1. The third-order valence-electron chi connectivity index (χ3n) is 3.74. The summed E-state index contributed by atoms with van der Waals surface area (Å²) in [5, 5.41) is 9.54. The Morgan fingerprint density at radius 2 is 2.06 bits per heavy atom. The first-order valence-electron chi connectivity index (χ1n) is 6.53. The molecule has 0 saturated heterocycles. The Morgan fingerprint density at radius 3 is 2.72 bits per heavy atom. The van der Waals surface area contributed by atoms with Crippen LogP contribution in [0.1, 0.15) is 31.7 Å². The lowest BCUT2D eigenvalue weighted by molar-refractivity contribution is -0.142. The third kappa shape index (κ3) is 3.08. The Hall–Kier alpha value is -0.960. The fraction of sp³-hybridized carbons (Fsp3) is 0.533. The van der Waals surface area contributed by atoms with Gasteiger partial charge in [0.15, 0.2) is 0 Å².